The number of amides is 2. The van der Waals surface area contributed by atoms with Crippen LogP contribution in [0.15, 0.2) is 54.7 Å². The summed E-state index contributed by atoms with van der Waals surface area (Å²) >= 11 is 30.9. The van der Waals surface area contributed by atoms with Crippen LogP contribution in [0.25, 0.3) is 0 Å². The van der Waals surface area contributed by atoms with Crippen molar-refractivity contribution >= 4 is 81.3 Å². The summed E-state index contributed by atoms with van der Waals surface area (Å²) in [6, 6.07) is 10.4. The van der Waals surface area contributed by atoms with Crippen LogP contribution in [0.1, 0.15) is 27.4 Å². The molecule has 2 aromatic carbocycles. The van der Waals surface area contributed by atoms with Crippen molar-refractivity contribution in [1.29, 1.82) is 0 Å². The highest BCUT2D eigenvalue weighted by Gasteiger charge is 2.67. The number of aromatic nitrogens is 1. The van der Waals surface area contributed by atoms with Gasteiger partial charge >= 0.3 is 6.18 Å². The Morgan fingerprint density at radius 1 is 0.946 bits per heavy atom. The molecular formula is C23H14Cl5F3N4O2. The predicted molar refractivity (Wildman–Crippen MR) is 138 cm³/mol. The van der Waals surface area contributed by atoms with Gasteiger partial charge in [0.2, 0.25) is 5.91 Å². The van der Waals surface area contributed by atoms with E-state index in [0.29, 0.717) is 15.6 Å². The summed E-state index contributed by atoms with van der Waals surface area (Å²) in [4.78, 5) is 29.3. The van der Waals surface area contributed by atoms with Crippen LogP contribution < -0.4 is 16.2 Å². The first kappa shape index (κ1) is 27.6. The van der Waals surface area contributed by atoms with E-state index in [-0.39, 0.29) is 22.1 Å². The van der Waals surface area contributed by atoms with Gasteiger partial charge in [-0.15, -0.1) is 23.2 Å². The Hall–Kier alpha value is -2.43. The normalized spacial score (nSPS) is 18.2. The molecule has 6 nitrogen and oxygen atoms in total. The Morgan fingerprint density at radius 2 is 1.62 bits per heavy atom. The largest absolute Gasteiger partial charge is 0.416 e. The highest BCUT2D eigenvalue weighted by atomic mass is 35.5. The summed E-state index contributed by atoms with van der Waals surface area (Å²) in [5.74, 6) is -2.98. The molecule has 3 N–H and O–H groups in total. The highest BCUT2D eigenvalue weighted by Crippen LogP contribution is 2.65. The zero-order valence-corrected chi connectivity index (χ0v) is 21.9. The Kier molecular flexibility index (Phi) is 7.74. The van der Waals surface area contributed by atoms with Gasteiger partial charge in [0.25, 0.3) is 5.91 Å². The third kappa shape index (κ3) is 6.18. The van der Waals surface area contributed by atoms with Crippen molar-refractivity contribution in [3.8, 4) is 0 Å². The second-order valence-corrected chi connectivity index (χ2v) is 10.7. The number of nitrogens with one attached hydrogen (secondary N) is 3. The topological polar surface area (TPSA) is 83.1 Å². The molecule has 1 aliphatic rings. The first-order chi connectivity index (χ1) is 17.3. The van der Waals surface area contributed by atoms with Crippen LogP contribution in [0.5, 0.6) is 0 Å². The van der Waals surface area contributed by atoms with Crippen molar-refractivity contribution in [2.45, 2.75) is 16.4 Å². The maximum atomic E-state index is 12.9. The maximum Gasteiger partial charge on any atom is 0.416 e. The molecule has 1 heterocycles. The number of hydrazine groups is 1. The molecule has 0 saturated heterocycles. The van der Waals surface area contributed by atoms with Gasteiger partial charge < -0.3 is 5.32 Å². The number of benzene rings is 2. The van der Waals surface area contributed by atoms with Crippen molar-refractivity contribution in [2.75, 3.05) is 10.7 Å². The smallest absolute Gasteiger partial charge is 0.326 e. The fourth-order valence-corrected chi connectivity index (χ4v) is 5.26. The van der Waals surface area contributed by atoms with Crippen molar-refractivity contribution < 1.29 is 22.8 Å². The summed E-state index contributed by atoms with van der Waals surface area (Å²) in [6.07, 6.45) is -3.64. The van der Waals surface area contributed by atoms with Gasteiger partial charge in [0.05, 0.1) is 22.1 Å². The van der Waals surface area contributed by atoms with Crippen LogP contribution >= 0.6 is 58.0 Å². The van der Waals surface area contributed by atoms with E-state index < -0.39 is 39.7 Å². The molecule has 1 aliphatic carbocycles. The second-order valence-electron chi connectivity index (χ2n) is 8.02. The van der Waals surface area contributed by atoms with Crippen molar-refractivity contribution in [3.63, 3.8) is 0 Å². The Labute approximate surface area is 233 Å². The van der Waals surface area contributed by atoms with Crippen LogP contribution in [0, 0.1) is 5.92 Å². The first-order valence-electron chi connectivity index (χ1n) is 10.3. The van der Waals surface area contributed by atoms with E-state index in [9.17, 15) is 22.8 Å². The minimum Gasteiger partial charge on any atom is -0.326 e. The van der Waals surface area contributed by atoms with Crippen LogP contribution in [-0.2, 0) is 11.0 Å². The molecule has 2 amide bonds. The zero-order chi connectivity index (χ0) is 27.1. The van der Waals surface area contributed by atoms with Gasteiger partial charge in [-0.1, -0.05) is 34.8 Å². The predicted octanol–water partition coefficient (Wildman–Crippen LogP) is 7.34. The van der Waals surface area contributed by atoms with Gasteiger partial charge in [-0.3, -0.25) is 20.4 Å². The summed E-state index contributed by atoms with van der Waals surface area (Å²) in [7, 11) is 0. The number of halogens is 8. The van der Waals surface area contributed by atoms with E-state index in [1.807, 2.05) is 0 Å². The van der Waals surface area contributed by atoms with E-state index in [1.54, 1.807) is 12.1 Å². The SMILES string of the molecule is O=C(NNc1cc(C(F)(F)F)ccn1)c1cc(NC(=O)C2C(c3cc(Cl)cc(Cl)c3)C2(Cl)Cl)ccc1Cl. The monoisotopic (exact) mass is 610 g/mol. The van der Waals surface area contributed by atoms with Gasteiger partial charge in [0, 0.05) is 27.8 Å². The van der Waals surface area contributed by atoms with E-state index in [2.05, 4.69) is 21.2 Å². The van der Waals surface area contributed by atoms with Crippen LogP contribution in [0.3, 0.4) is 0 Å². The number of carbonyl (C=O) groups is 2. The fraction of sp³-hybridized carbons (Fsp3) is 0.174. The van der Waals surface area contributed by atoms with Gasteiger partial charge in [0.1, 0.15) is 10.2 Å². The van der Waals surface area contributed by atoms with Crippen molar-refractivity contribution in [2.24, 2.45) is 5.92 Å². The number of nitrogens with zero attached hydrogens (tertiary/aromatic N) is 1. The lowest BCUT2D eigenvalue weighted by Crippen LogP contribution is -2.30. The molecule has 1 saturated carbocycles. The van der Waals surface area contributed by atoms with Gasteiger partial charge in [-0.05, 0) is 54.1 Å². The summed E-state index contributed by atoms with van der Waals surface area (Å²) in [5, 5.41) is 3.39. The average molecular weight is 613 g/mol. The summed E-state index contributed by atoms with van der Waals surface area (Å²) in [6.45, 7) is 0. The van der Waals surface area contributed by atoms with Crippen LogP contribution in [0.2, 0.25) is 15.1 Å². The van der Waals surface area contributed by atoms with Gasteiger partial charge in [-0.25, -0.2) is 4.98 Å². The number of hydrogen-bond acceptors (Lipinski definition) is 4. The molecule has 4 rings (SSSR count). The lowest BCUT2D eigenvalue weighted by Gasteiger charge is -2.12. The third-order valence-corrected chi connectivity index (χ3v) is 7.16. The van der Waals surface area contributed by atoms with Crippen LogP contribution in [-0.4, -0.2) is 21.1 Å². The number of hydrogen-bond donors (Lipinski definition) is 3. The molecule has 0 spiro atoms. The molecule has 3 aromatic rings. The quantitative estimate of drug-likeness (QED) is 0.201. The van der Waals surface area contributed by atoms with Crippen molar-refractivity contribution in [3.05, 3.63) is 86.5 Å². The molecule has 0 bridgehead atoms. The molecule has 37 heavy (non-hydrogen) atoms. The molecule has 1 aromatic heterocycles. The second kappa shape index (κ2) is 10.4. The number of rotatable bonds is 6. The van der Waals surface area contributed by atoms with Crippen LogP contribution in [0.4, 0.5) is 24.7 Å². The minimum absolute atomic E-state index is 0.0243. The standard InChI is InChI=1S/C23H14Cl5F3N4O2/c24-12-5-10(6-13(25)8-12)18-19(22(18,27)28)21(37)33-14-1-2-16(26)15(9-14)20(36)35-34-17-7-11(3-4-32-17)23(29,30)31/h1-9,18-19H,(H,32,34)(H,33,37)(H,35,36). The van der Waals surface area contributed by atoms with E-state index in [4.69, 9.17) is 58.0 Å². The number of pyridine rings is 1. The number of anilines is 2. The van der Waals surface area contributed by atoms with E-state index in [1.165, 1.54) is 24.3 Å². The number of carbonyl (C=O) groups excluding carboxylic acids is 2. The van der Waals surface area contributed by atoms with Gasteiger partial charge in [-0.2, -0.15) is 13.2 Å². The van der Waals surface area contributed by atoms with E-state index in [0.717, 1.165) is 18.3 Å². The molecule has 0 aliphatic heterocycles. The summed E-state index contributed by atoms with van der Waals surface area (Å²) < 4.78 is 37.2. The molecule has 194 valence electrons. The molecule has 0 radical (unpaired) electrons. The summed E-state index contributed by atoms with van der Waals surface area (Å²) in [5.41, 5.74) is 4.29. The van der Waals surface area contributed by atoms with Gasteiger partial charge in [0.15, 0.2) is 0 Å². The highest BCUT2D eigenvalue weighted by molar-refractivity contribution is 6.53. The average Bonchev–Trinajstić information content (AvgIpc) is 3.40. The maximum absolute atomic E-state index is 12.9. The molecular weight excluding hydrogens is 599 g/mol. The lowest BCUT2D eigenvalue weighted by atomic mass is 10.1. The molecule has 1 fully saturated rings. The molecule has 14 heteroatoms. The van der Waals surface area contributed by atoms with Crippen molar-refractivity contribution in [1.82, 2.24) is 10.4 Å². The zero-order valence-electron chi connectivity index (χ0n) is 18.1. The molecule has 2 unspecified atom stereocenters. The Balaban J connectivity index is 1.45. The Bertz CT molecular complexity index is 1370. The first-order valence-corrected chi connectivity index (χ1v) is 12.2. The molecule has 2 atom stereocenters. The minimum atomic E-state index is -4.58. The fourth-order valence-electron chi connectivity index (χ4n) is 3.68. The third-order valence-electron chi connectivity index (χ3n) is 5.45. The lowest BCUT2D eigenvalue weighted by molar-refractivity contribution is -0.137. The number of alkyl halides is 5. The van der Waals surface area contributed by atoms with E-state index >= 15 is 0 Å². The Morgan fingerprint density at radius 3 is 2.27 bits per heavy atom.